The molecule has 2 aromatic carbocycles. The van der Waals surface area contributed by atoms with E-state index in [1.54, 1.807) is 0 Å². The fraction of sp³-hybridized carbons (Fsp3) is 0.0588. The Balaban J connectivity index is 1.88. The summed E-state index contributed by atoms with van der Waals surface area (Å²) in [6.45, 7) is 0. The molecule has 28 heavy (non-hydrogen) atoms. The zero-order valence-corrected chi connectivity index (χ0v) is 14.5. The summed E-state index contributed by atoms with van der Waals surface area (Å²) in [6, 6.07) is 6.31. The van der Waals surface area contributed by atoms with Crippen molar-refractivity contribution in [2.75, 3.05) is 16.4 Å². The minimum atomic E-state index is -4.63. The molecule has 1 aromatic heterocycles. The SMILES string of the molecule is Nc1c(Nc2ccc(F)c(F)c2)ncnc1Nc1ccc(Cl)c(C(F)(F)F)c1. The summed E-state index contributed by atoms with van der Waals surface area (Å²) in [5.74, 6) is -2.03. The minimum absolute atomic E-state index is 0.00975. The van der Waals surface area contributed by atoms with E-state index in [0.29, 0.717) is 0 Å². The Morgan fingerprint density at radius 2 is 1.43 bits per heavy atom. The number of halogens is 6. The van der Waals surface area contributed by atoms with E-state index < -0.39 is 28.4 Å². The van der Waals surface area contributed by atoms with E-state index in [2.05, 4.69) is 20.6 Å². The van der Waals surface area contributed by atoms with Crippen LogP contribution < -0.4 is 16.4 Å². The van der Waals surface area contributed by atoms with Gasteiger partial charge in [0.2, 0.25) is 0 Å². The maximum absolute atomic E-state index is 13.3. The molecule has 0 radical (unpaired) electrons. The van der Waals surface area contributed by atoms with Crippen molar-refractivity contribution in [1.82, 2.24) is 9.97 Å². The molecule has 0 amide bonds. The highest BCUT2D eigenvalue weighted by Gasteiger charge is 2.33. The summed E-state index contributed by atoms with van der Waals surface area (Å²) in [6.07, 6.45) is -3.53. The molecule has 0 spiro atoms. The van der Waals surface area contributed by atoms with Gasteiger partial charge in [-0.3, -0.25) is 0 Å². The van der Waals surface area contributed by atoms with Crippen molar-refractivity contribution in [3.8, 4) is 0 Å². The van der Waals surface area contributed by atoms with Crippen LogP contribution in [0.1, 0.15) is 5.56 Å². The minimum Gasteiger partial charge on any atom is -0.393 e. The van der Waals surface area contributed by atoms with Gasteiger partial charge in [-0.2, -0.15) is 13.2 Å². The molecule has 3 rings (SSSR count). The largest absolute Gasteiger partial charge is 0.417 e. The molecule has 5 nitrogen and oxygen atoms in total. The van der Waals surface area contributed by atoms with E-state index in [9.17, 15) is 22.0 Å². The molecule has 146 valence electrons. The van der Waals surface area contributed by atoms with Crippen molar-refractivity contribution in [3.63, 3.8) is 0 Å². The van der Waals surface area contributed by atoms with Gasteiger partial charge in [0, 0.05) is 17.4 Å². The number of benzene rings is 2. The first-order chi connectivity index (χ1) is 13.1. The molecule has 0 saturated carbocycles. The number of nitrogens with two attached hydrogens (primary N) is 1. The predicted octanol–water partition coefficient (Wildman–Crippen LogP) is 5.50. The average molecular weight is 416 g/mol. The molecule has 0 aliphatic carbocycles. The highest BCUT2D eigenvalue weighted by atomic mass is 35.5. The van der Waals surface area contributed by atoms with E-state index in [-0.39, 0.29) is 28.7 Å². The lowest BCUT2D eigenvalue weighted by molar-refractivity contribution is -0.137. The van der Waals surface area contributed by atoms with Crippen LogP contribution in [0, 0.1) is 11.6 Å². The molecule has 0 aliphatic heterocycles. The number of hydrogen-bond donors (Lipinski definition) is 3. The molecule has 0 atom stereocenters. The van der Waals surface area contributed by atoms with E-state index in [0.717, 1.165) is 30.6 Å². The number of nitrogens with one attached hydrogen (secondary N) is 2. The number of nitrogen functional groups attached to an aromatic ring is 1. The van der Waals surface area contributed by atoms with Gasteiger partial charge in [0.1, 0.15) is 12.0 Å². The Labute approximate surface area is 160 Å². The molecule has 0 bridgehead atoms. The van der Waals surface area contributed by atoms with Crippen LogP contribution in [0.2, 0.25) is 5.02 Å². The lowest BCUT2D eigenvalue weighted by Crippen LogP contribution is -2.08. The third kappa shape index (κ3) is 4.22. The van der Waals surface area contributed by atoms with Crippen LogP contribution in [0.15, 0.2) is 42.7 Å². The second-order valence-electron chi connectivity index (χ2n) is 5.56. The zero-order valence-electron chi connectivity index (χ0n) is 13.8. The smallest absolute Gasteiger partial charge is 0.393 e. The number of anilines is 5. The van der Waals surface area contributed by atoms with E-state index in [4.69, 9.17) is 17.3 Å². The fourth-order valence-electron chi connectivity index (χ4n) is 2.26. The van der Waals surface area contributed by atoms with Crippen LogP contribution in [0.3, 0.4) is 0 Å². The number of nitrogens with zero attached hydrogens (tertiary/aromatic N) is 2. The fourth-order valence-corrected chi connectivity index (χ4v) is 2.49. The second-order valence-corrected chi connectivity index (χ2v) is 5.96. The number of alkyl halides is 3. The Bertz CT molecular complexity index is 1030. The predicted molar refractivity (Wildman–Crippen MR) is 95.8 cm³/mol. The third-order valence-electron chi connectivity index (χ3n) is 3.60. The van der Waals surface area contributed by atoms with Crippen molar-refractivity contribution in [2.45, 2.75) is 6.18 Å². The van der Waals surface area contributed by atoms with Gasteiger partial charge in [0.15, 0.2) is 23.3 Å². The van der Waals surface area contributed by atoms with Gasteiger partial charge in [-0.1, -0.05) is 11.6 Å². The van der Waals surface area contributed by atoms with Gasteiger partial charge in [-0.25, -0.2) is 18.7 Å². The van der Waals surface area contributed by atoms with Crippen molar-refractivity contribution in [1.29, 1.82) is 0 Å². The first kappa shape index (κ1) is 19.6. The Kier molecular flexibility index (Phi) is 5.23. The number of hydrogen-bond acceptors (Lipinski definition) is 5. The normalized spacial score (nSPS) is 11.4. The molecule has 1 heterocycles. The summed E-state index contributed by atoms with van der Waals surface area (Å²) >= 11 is 5.59. The summed E-state index contributed by atoms with van der Waals surface area (Å²) in [7, 11) is 0. The topological polar surface area (TPSA) is 75.9 Å². The molecule has 0 unspecified atom stereocenters. The van der Waals surface area contributed by atoms with Crippen molar-refractivity contribution >= 4 is 40.3 Å². The Morgan fingerprint density at radius 3 is 2.00 bits per heavy atom. The molecule has 3 aromatic rings. The van der Waals surface area contributed by atoms with Gasteiger partial charge >= 0.3 is 6.18 Å². The second kappa shape index (κ2) is 7.47. The van der Waals surface area contributed by atoms with Crippen LogP contribution in [0.4, 0.5) is 50.6 Å². The molecule has 0 saturated heterocycles. The van der Waals surface area contributed by atoms with Crippen molar-refractivity contribution in [2.24, 2.45) is 0 Å². The third-order valence-corrected chi connectivity index (χ3v) is 3.93. The number of aromatic nitrogens is 2. The quantitative estimate of drug-likeness (QED) is 0.491. The first-order valence-electron chi connectivity index (χ1n) is 7.61. The van der Waals surface area contributed by atoms with Crippen molar-refractivity contribution < 1.29 is 22.0 Å². The maximum atomic E-state index is 13.3. The monoisotopic (exact) mass is 415 g/mol. The van der Waals surface area contributed by atoms with E-state index in [1.165, 1.54) is 12.1 Å². The van der Waals surface area contributed by atoms with Crippen LogP contribution in [-0.2, 0) is 6.18 Å². The van der Waals surface area contributed by atoms with Gasteiger partial charge in [-0.05, 0) is 30.3 Å². The lowest BCUT2D eigenvalue weighted by atomic mass is 10.2. The lowest BCUT2D eigenvalue weighted by Gasteiger charge is -2.14. The summed E-state index contributed by atoms with van der Waals surface area (Å²) in [5.41, 5.74) is 5.08. The Hall–Kier alpha value is -3.14. The molecule has 4 N–H and O–H groups in total. The molecule has 0 fully saturated rings. The van der Waals surface area contributed by atoms with Crippen LogP contribution in [-0.4, -0.2) is 9.97 Å². The Morgan fingerprint density at radius 1 is 0.857 bits per heavy atom. The highest BCUT2D eigenvalue weighted by molar-refractivity contribution is 6.31. The zero-order chi connectivity index (χ0) is 20.5. The summed E-state index contributed by atoms with van der Waals surface area (Å²) in [4.78, 5) is 7.78. The number of rotatable bonds is 4. The first-order valence-corrected chi connectivity index (χ1v) is 7.99. The molecule has 0 aliphatic rings. The molecular formula is C17H11ClF5N5. The summed E-state index contributed by atoms with van der Waals surface area (Å²) in [5, 5.41) is 4.89. The maximum Gasteiger partial charge on any atom is 0.417 e. The van der Waals surface area contributed by atoms with Crippen LogP contribution in [0.25, 0.3) is 0 Å². The van der Waals surface area contributed by atoms with Crippen LogP contribution in [0.5, 0.6) is 0 Å². The molecule has 11 heteroatoms. The van der Waals surface area contributed by atoms with E-state index in [1.807, 2.05) is 0 Å². The highest BCUT2D eigenvalue weighted by Crippen LogP contribution is 2.37. The van der Waals surface area contributed by atoms with E-state index >= 15 is 0 Å². The average Bonchev–Trinajstić information content (AvgIpc) is 2.62. The van der Waals surface area contributed by atoms with Gasteiger partial charge in [0.05, 0.1) is 10.6 Å². The van der Waals surface area contributed by atoms with Gasteiger partial charge in [0.25, 0.3) is 0 Å². The van der Waals surface area contributed by atoms with Crippen molar-refractivity contribution in [3.05, 3.63) is 64.9 Å². The summed E-state index contributed by atoms with van der Waals surface area (Å²) < 4.78 is 65.3. The van der Waals surface area contributed by atoms with Crippen LogP contribution >= 0.6 is 11.6 Å². The van der Waals surface area contributed by atoms with Gasteiger partial charge < -0.3 is 16.4 Å². The molecular weight excluding hydrogens is 405 g/mol. The standard InChI is InChI=1S/C17H11ClF5N5/c18-11-3-1-8(5-10(11)17(21,22)23)27-15-14(24)16(26-7-25-15)28-9-2-4-12(19)13(20)6-9/h1-7H,24H2,(H2,25,26,27,28). The van der Waals surface area contributed by atoms with Gasteiger partial charge in [-0.15, -0.1) is 0 Å².